The van der Waals surface area contributed by atoms with Gasteiger partial charge >= 0.3 is 0 Å². The molecule has 1 aliphatic heterocycles. The van der Waals surface area contributed by atoms with Gasteiger partial charge in [-0.1, -0.05) is 6.07 Å². The predicted molar refractivity (Wildman–Crippen MR) is 89.1 cm³/mol. The highest BCUT2D eigenvalue weighted by molar-refractivity contribution is 5.85. The summed E-state index contributed by atoms with van der Waals surface area (Å²) in [6, 6.07) is 6.28. The number of benzene rings is 1. The second-order valence-corrected chi connectivity index (χ2v) is 5.50. The van der Waals surface area contributed by atoms with Crippen LogP contribution in [-0.2, 0) is 0 Å². The van der Waals surface area contributed by atoms with E-state index in [0.717, 1.165) is 32.1 Å². The number of hydrogen-bond acceptors (Lipinski definition) is 4. The molecule has 4 nitrogen and oxygen atoms in total. The van der Waals surface area contributed by atoms with Crippen molar-refractivity contribution < 1.29 is 9.84 Å². The van der Waals surface area contributed by atoms with Gasteiger partial charge in [-0.05, 0) is 36.5 Å². The van der Waals surface area contributed by atoms with Crippen molar-refractivity contribution in [1.29, 1.82) is 0 Å². The van der Waals surface area contributed by atoms with Crippen LogP contribution in [0.15, 0.2) is 18.2 Å². The van der Waals surface area contributed by atoms with E-state index in [-0.39, 0.29) is 30.6 Å². The number of rotatable bonds is 4. The van der Waals surface area contributed by atoms with E-state index in [1.165, 1.54) is 18.4 Å². The Morgan fingerprint density at radius 3 is 2.48 bits per heavy atom. The largest absolute Gasteiger partial charge is 0.504 e. The molecule has 0 radical (unpaired) electrons. The van der Waals surface area contributed by atoms with Crippen LogP contribution in [-0.4, -0.2) is 43.3 Å². The molecule has 1 aromatic carbocycles. The third-order valence-corrected chi connectivity index (χ3v) is 4.16. The number of phenols is 1. The van der Waals surface area contributed by atoms with Gasteiger partial charge in [0.15, 0.2) is 11.5 Å². The number of halogens is 2. The van der Waals surface area contributed by atoms with E-state index in [1.54, 1.807) is 13.2 Å². The van der Waals surface area contributed by atoms with Crippen molar-refractivity contribution in [2.75, 3.05) is 33.3 Å². The normalized spacial score (nSPS) is 20.0. The summed E-state index contributed by atoms with van der Waals surface area (Å²) in [5, 5.41) is 13.1. The minimum Gasteiger partial charge on any atom is -0.504 e. The highest BCUT2D eigenvalue weighted by Crippen LogP contribution is 2.45. The molecule has 1 saturated carbocycles. The average Bonchev–Trinajstić information content (AvgIpc) is 3.27. The lowest BCUT2D eigenvalue weighted by atomic mass is 9.99. The van der Waals surface area contributed by atoms with Crippen LogP contribution < -0.4 is 10.1 Å². The van der Waals surface area contributed by atoms with E-state index in [0.29, 0.717) is 11.8 Å². The number of aromatic hydroxyl groups is 1. The minimum absolute atomic E-state index is 0. The molecule has 0 aromatic heterocycles. The molecule has 0 unspecified atom stereocenters. The summed E-state index contributed by atoms with van der Waals surface area (Å²) < 4.78 is 5.24. The molecule has 0 spiro atoms. The summed E-state index contributed by atoms with van der Waals surface area (Å²) >= 11 is 0. The molecule has 1 atom stereocenters. The van der Waals surface area contributed by atoms with Crippen LogP contribution in [0.4, 0.5) is 0 Å². The van der Waals surface area contributed by atoms with E-state index in [4.69, 9.17) is 4.74 Å². The Labute approximate surface area is 138 Å². The SMILES string of the molecule is COc1cc([C@H](C2CC2)N2CCNCC2)ccc1O.Cl.Cl. The van der Waals surface area contributed by atoms with E-state index < -0.39 is 0 Å². The monoisotopic (exact) mass is 334 g/mol. The fourth-order valence-electron chi connectivity index (χ4n) is 3.03. The summed E-state index contributed by atoms with van der Waals surface area (Å²) in [6.45, 7) is 4.34. The minimum atomic E-state index is 0. The first-order chi connectivity index (χ1) is 9.29. The van der Waals surface area contributed by atoms with Crippen molar-refractivity contribution >= 4 is 24.8 Å². The standard InChI is InChI=1S/C15H22N2O2.2ClH/c1-19-14-10-12(4-5-13(14)18)15(11-2-3-11)17-8-6-16-7-9-17;;/h4-5,10-11,15-16,18H,2-3,6-9H2,1H3;2*1H/t15-;;/m0../s1. The first-order valence-electron chi connectivity index (χ1n) is 7.11. The molecular formula is C15H24Cl2N2O2. The zero-order valence-electron chi connectivity index (χ0n) is 12.2. The van der Waals surface area contributed by atoms with Crippen molar-refractivity contribution in [2.45, 2.75) is 18.9 Å². The van der Waals surface area contributed by atoms with Crippen molar-refractivity contribution in [3.63, 3.8) is 0 Å². The molecule has 120 valence electrons. The lowest BCUT2D eigenvalue weighted by molar-refractivity contribution is 0.156. The lowest BCUT2D eigenvalue weighted by Crippen LogP contribution is -2.45. The number of ether oxygens (including phenoxy) is 1. The van der Waals surface area contributed by atoms with Crippen molar-refractivity contribution in [2.24, 2.45) is 5.92 Å². The van der Waals surface area contributed by atoms with Crippen LogP contribution in [0.3, 0.4) is 0 Å². The third-order valence-electron chi connectivity index (χ3n) is 4.16. The number of nitrogens with one attached hydrogen (secondary N) is 1. The summed E-state index contributed by atoms with van der Waals surface area (Å²) in [4.78, 5) is 2.57. The van der Waals surface area contributed by atoms with Crippen LogP contribution in [0.5, 0.6) is 11.5 Å². The summed E-state index contributed by atoms with van der Waals surface area (Å²) in [5.74, 6) is 1.58. The molecule has 6 heteroatoms. The molecule has 3 rings (SSSR count). The first kappa shape index (κ1) is 18.4. The Bertz CT molecular complexity index is 449. The molecule has 2 aliphatic rings. The van der Waals surface area contributed by atoms with Crippen LogP contribution in [0.25, 0.3) is 0 Å². The number of piperazine rings is 1. The van der Waals surface area contributed by atoms with Gasteiger partial charge in [-0.2, -0.15) is 0 Å². The Balaban J connectivity index is 0.00000110. The van der Waals surface area contributed by atoms with E-state index in [2.05, 4.69) is 10.2 Å². The van der Waals surface area contributed by atoms with Crippen LogP contribution >= 0.6 is 24.8 Å². The molecule has 1 aliphatic carbocycles. The Kier molecular flexibility index (Phi) is 7.07. The Morgan fingerprint density at radius 1 is 1.24 bits per heavy atom. The van der Waals surface area contributed by atoms with E-state index >= 15 is 0 Å². The molecule has 0 amide bonds. The van der Waals surface area contributed by atoms with E-state index in [9.17, 15) is 5.11 Å². The molecule has 0 bridgehead atoms. The third kappa shape index (κ3) is 4.16. The molecular weight excluding hydrogens is 311 g/mol. The number of phenolic OH excluding ortho intramolecular Hbond substituents is 1. The Morgan fingerprint density at radius 2 is 1.90 bits per heavy atom. The van der Waals surface area contributed by atoms with Gasteiger partial charge in [-0.3, -0.25) is 4.90 Å². The van der Waals surface area contributed by atoms with Gasteiger partial charge in [0.2, 0.25) is 0 Å². The number of nitrogens with zero attached hydrogens (tertiary/aromatic N) is 1. The second kappa shape index (κ2) is 8.08. The number of methoxy groups -OCH3 is 1. The molecule has 1 aromatic rings. The van der Waals surface area contributed by atoms with Crippen molar-refractivity contribution in [1.82, 2.24) is 10.2 Å². The maximum Gasteiger partial charge on any atom is 0.160 e. The highest BCUT2D eigenvalue weighted by Gasteiger charge is 2.36. The van der Waals surface area contributed by atoms with Gasteiger partial charge < -0.3 is 15.2 Å². The fourth-order valence-corrected chi connectivity index (χ4v) is 3.03. The van der Waals surface area contributed by atoms with Gasteiger partial charge in [0.05, 0.1) is 7.11 Å². The molecule has 21 heavy (non-hydrogen) atoms. The van der Waals surface area contributed by atoms with Gasteiger partial charge in [0, 0.05) is 32.2 Å². The molecule has 1 saturated heterocycles. The first-order valence-corrected chi connectivity index (χ1v) is 7.11. The smallest absolute Gasteiger partial charge is 0.160 e. The lowest BCUT2D eigenvalue weighted by Gasteiger charge is -2.35. The predicted octanol–water partition coefficient (Wildman–Crippen LogP) is 2.60. The number of hydrogen-bond donors (Lipinski definition) is 2. The zero-order valence-corrected chi connectivity index (χ0v) is 13.9. The maximum absolute atomic E-state index is 9.73. The van der Waals surface area contributed by atoms with Crippen molar-refractivity contribution in [3.05, 3.63) is 23.8 Å². The van der Waals surface area contributed by atoms with Gasteiger partial charge in [0.25, 0.3) is 0 Å². The van der Waals surface area contributed by atoms with Gasteiger partial charge in [-0.25, -0.2) is 0 Å². The van der Waals surface area contributed by atoms with Crippen molar-refractivity contribution in [3.8, 4) is 11.5 Å². The highest BCUT2D eigenvalue weighted by atomic mass is 35.5. The van der Waals surface area contributed by atoms with Gasteiger partial charge in [0.1, 0.15) is 0 Å². The van der Waals surface area contributed by atoms with Crippen LogP contribution in [0.1, 0.15) is 24.4 Å². The molecule has 1 heterocycles. The summed E-state index contributed by atoms with van der Waals surface area (Å²) in [6.07, 6.45) is 2.63. The molecule has 2 fully saturated rings. The van der Waals surface area contributed by atoms with Crippen LogP contribution in [0.2, 0.25) is 0 Å². The maximum atomic E-state index is 9.73. The fraction of sp³-hybridized carbons (Fsp3) is 0.600. The Hall–Kier alpha value is -0.680. The quantitative estimate of drug-likeness (QED) is 0.888. The molecule has 2 N–H and O–H groups in total. The average molecular weight is 335 g/mol. The van der Waals surface area contributed by atoms with Crippen LogP contribution in [0, 0.1) is 5.92 Å². The second-order valence-electron chi connectivity index (χ2n) is 5.50. The van der Waals surface area contributed by atoms with E-state index in [1.807, 2.05) is 12.1 Å². The van der Waals surface area contributed by atoms with Gasteiger partial charge in [-0.15, -0.1) is 24.8 Å². The topological polar surface area (TPSA) is 44.7 Å². The summed E-state index contributed by atoms with van der Waals surface area (Å²) in [5.41, 5.74) is 1.28. The summed E-state index contributed by atoms with van der Waals surface area (Å²) in [7, 11) is 1.61. The zero-order chi connectivity index (χ0) is 13.2.